The minimum atomic E-state index is -0.863. The first-order valence-electron chi connectivity index (χ1n) is 4.17. The van der Waals surface area contributed by atoms with Crippen molar-refractivity contribution in [3.63, 3.8) is 0 Å². The molecule has 19 heavy (non-hydrogen) atoms. The van der Waals surface area contributed by atoms with E-state index in [1.807, 2.05) is 0 Å². The first-order valence-corrected chi connectivity index (χ1v) is 4.17. The van der Waals surface area contributed by atoms with Gasteiger partial charge in [0, 0.05) is 5.82 Å². The third-order valence-electron chi connectivity index (χ3n) is 1.53. The Morgan fingerprint density at radius 3 is 2.47 bits per heavy atom. The summed E-state index contributed by atoms with van der Waals surface area (Å²) in [7, 11) is 0. The van der Waals surface area contributed by atoms with E-state index >= 15 is 0 Å². The van der Waals surface area contributed by atoms with Crippen molar-refractivity contribution in [2.75, 3.05) is 10.9 Å². The van der Waals surface area contributed by atoms with Crippen molar-refractivity contribution >= 4 is 11.9 Å². The van der Waals surface area contributed by atoms with Crippen molar-refractivity contribution in [2.24, 2.45) is 0 Å². The van der Waals surface area contributed by atoms with E-state index in [2.05, 4.69) is 30.4 Å². The number of nitro groups is 2. The molecule has 14 nitrogen and oxygen atoms in total. The van der Waals surface area contributed by atoms with Crippen LogP contribution in [0.2, 0.25) is 0 Å². The van der Waals surface area contributed by atoms with Crippen LogP contribution in [0.15, 0.2) is 0 Å². The van der Waals surface area contributed by atoms with Crippen LogP contribution in [-0.4, -0.2) is 35.3 Å². The van der Waals surface area contributed by atoms with E-state index in [0.29, 0.717) is 0 Å². The molecular formula is C4H3KN10O4. The van der Waals surface area contributed by atoms with Gasteiger partial charge in [-0.1, -0.05) is 10.9 Å². The Balaban J connectivity index is 0.00000180. The fourth-order valence-corrected chi connectivity index (χ4v) is 0.962. The van der Waals surface area contributed by atoms with Crippen molar-refractivity contribution in [3.8, 4) is 11.6 Å². The topological polar surface area (TPSA) is 192 Å². The summed E-state index contributed by atoms with van der Waals surface area (Å²) in [4.78, 5) is 27.4. The molecule has 0 saturated carbocycles. The number of H-pyrrole nitrogens is 1. The molecule has 2 aromatic heterocycles. The van der Waals surface area contributed by atoms with E-state index in [9.17, 15) is 20.2 Å². The van der Waals surface area contributed by atoms with Crippen molar-refractivity contribution in [1.29, 1.82) is 0 Å². The van der Waals surface area contributed by atoms with Crippen LogP contribution in [0.4, 0.5) is 11.9 Å². The molecule has 0 unspecified atom stereocenters. The molecule has 0 saturated heterocycles. The minimum absolute atomic E-state index is 0. The summed E-state index contributed by atoms with van der Waals surface area (Å²) in [5.74, 6) is -0.789. The molecule has 0 aliphatic rings. The second-order valence-corrected chi connectivity index (χ2v) is 2.70. The van der Waals surface area contributed by atoms with Gasteiger partial charge in [0.1, 0.15) is 0 Å². The summed E-state index contributed by atoms with van der Waals surface area (Å²) >= 11 is 0. The fourth-order valence-electron chi connectivity index (χ4n) is 0.962. The number of hydrogen-bond donors (Lipinski definition) is 3. The van der Waals surface area contributed by atoms with Gasteiger partial charge >= 0.3 is 51.4 Å². The second-order valence-electron chi connectivity index (χ2n) is 2.70. The molecule has 0 aromatic carbocycles. The van der Waals surface area contributed by atoms with Gasteiger partial charge in [-0.05, 0) is 0 Å². The van der Waals surface area contributed by atoms with Crippen LogP contribution < -0.4 is 67.3 Å². The second kappa shape index (κ2) is 6.47. The van der Waals surface area contributed by atoms with Gasteiger partial charge in [0.2, 0.25) is 0 Å². The number of rotatable bonds is 5. The van der Waals surface area contributed by atoms with Gasteiger partial charge in [0.25, 0.3) is 5.95 Å². The van der Waals surface area contributed by atoms with Crippen LogP contribution >= 0.6 is 0 Å². The Hall–Kier alpha value is -1.68. The largest absolute Gasteiger partial charge is 1.00 e. The van der Waals surface area contributed by atoms with Crippen LogP contribution in [0.25, 0.3) is 11.6 Å². The molecule has 3 N–H and O–H groups in total. The first kappa shape index (κ1) is 15.4. The Kier molecular flexibility index (Phi) is 5.24. The zero-order chi connectivity index (χ0) is 13.1. The molecule has 0 aliphatic carbocycles. The van der Waals surface area contributed by atoms with Crippen LogP contribution in [0, 0.1) is 20.2 Å². The molecule has 0 spiro atoms. The van der Waals surface area contributed by atoms with Crippen LogP contribution in [-0.2, 0) is 0 Å². The van der Waals surface area contributed by atoms with E-state index < -0.39 is 10.1 Å². The van der Waals surface area contributed by atoms with Gasteiger partial charge < -0.3 is 10.1 Å². The number of nitrogens with one attached hydrogen (secondary N) is 3. The van der Waals surface area contributed by atoms with Crippen molar-refractivity contribution in [3.05, 3.63) is 20.2 Å². The number of nitrogens with zero attached hydrogens (tertiary/aromatic N) is 7. The van der Waals surface area contributed by atoms with E-state index in [0.717, 1.165) is 0 Å². The molecule has 2 aromatic rings. The van der Waals surface area contributed by atoms with Gasteiger partial charge in [-0.15, -0.1) is 0 Å². The first-order chi connectivity index (χ1) is 8.54. The van der Waals surface area contributed by atoms with E-state index in [-0.39, 0.29) is 74.9 Å². The quantitative estimate of drug-likeness (QED) is 0.273. The predicted molar refractivity (Wildman–Crippen MR) is 52.0 cm³/mol. The summed E-state index contributed by atoms with van der Waals surface area (Å²) in [5.41, 5.74) is 3.41. The monoisotopic (exact) mass is 294 g/mol. The summed E-state index contributed by atoms with van der Waals surface area (Å²) < 4.78 is 0. The van der Waals surface area contributed by atoms with Gasteiger partial charge in [-0.3, -0.25) is 0 Å². The molecule has 0 bridgehead atoms. The summed E-state index contributed by atoms with van der Waals surface area (Å²) in [6, 6.07) is 0. The Morgan fingerprint density at radius 1 is 1.16 bits per heavy atom. The van der Waals surface area contributed by atoms with Crippen molar-refractivity contribution in [2.45, 2.75) is 0 Å². The third kappa shape index (κ3) is 4.17. The standard InChI is InChI=1S/C4H3N10O4.K/c15-13(16)11-3-5-1(7-9-3)2-6-4(10-8-2)12-14(17)18;/h(H3-,5,6,7,8,9,10,11,12);/q-1;+1. The predicted octanol–water partition coefficient (Wildman–Crippen LogP) is -4.57. The molecule has 94 valence electrons. The summed E-state index contributed by atoms with van der Waals surface area (Å²) in [6.07, 6.45) is 0. The smallest absolute Gasteiger partial charge is 0.396 e. The van der Waals surface area contributed by atoms with Gasteiger partial charge in [-0.25, -0.2) is 30.4 Å². The van der Waals surface area contributed by atoms with Crippen LogP contribution in [0.5, 0.6) is 0 Å². The number of aromatic amines is 1. The molecule has 2 rings (SSSR count). The maximum absolute atomic E-state index is 10.1. The third-order valence-corrected chi connectivity index (χ3v) is 1.53. The molecule has 0 amide bonds. The average Bonchev–Trinajstić information content (AvgIpc) is 2.85. The van der Waals surface area contributed by atoms with Gasteiger partial charge in [0.15, 0.2) is 21.8 Å². The summed E-state index contributed by atoms with van der Waals surface area (Å²) in [5, 5.41) is 31.1. The maximum atomic E-state index is 10.1. The molecule has 0 radical (unpaired) electrons. The Labute approximate surface area is 145 Å². The van der Waals surface area contributed by atoms with Crippen molar-refractivity contribution < 1.29 is 61.4 Å². The molecule has 0 fully saturated rings. The van der Waals surface area contributed by atoms with Crippen LogP contribution in [0.1, 0.15) is 0 Å². The minimum Gasteiger partial charge on any atom is -0.396 e. The zero-order valence-corrected chi connectivity index (χ0v) is 12.4. The van der Waals surface area contributed by atoms with E-state index in [1.54, 1.807) is 10.9 Å². The SMILES string of the molecule is O=[N+]([O-])Nc1n[n-]c(-c2n[nH]c(N[N+](=O)[O-])n2)n1.[K+]. The summed E-state index contributed by atoms with van der Waals surface area (Å²) in [6.45, 7) is 0. The molecular weight excluding hydrogens is 291 g/mol. The van der Waals surface area contributed by atoms with E-state index in [1.165, 1.54) is 0 Å². The maximum Gasteiger partial charge on any atom is 1.00 e. The number of hydrogen-bond acceptors (Lipinski definition) is 8. The number of hydrazine groups is 2. The molecule has 0 aliphatic heterocycles. The molecule has 0 atom stereocenters. The molecule has 15 heteroatoms. The van der Waals surface area contributed by atoms with Crippen molar-refractivity contribution in [1.82, 2.24) is 30.4 Å². The normalized spacial score (nSPS) is 9.47. The Morgan fingerprint density at radius 2 is 1.84 bits per heavy atom. The Bertz CT molecular complexity index is 540. The number of aromatic nitrogens is 6. The van der Waals surface area contributed by atoms with Gasteiger partial charge in [-0.2, -0.15) is 10.1 Å². The average molecular weight is 294 g/mol. The van der Waals surface area contributed by atoms with E-state index in [4.69, 9.17) is 0 Å². The van der Waals surface area contributed by atoms with Gasteiger partial charge in [0.05, 0.1) is 0 Å². The zero-order valence-electron chi connectivity index (χ0n) is 9.26. The molecule has 2 heterocycles. The van der Waals surface area contributed by atoms with Crippen LogP contribution in [0.3, 0.4) is 0 Å². The number of anilines is 2. The fraction of sp³-hybridized carbons (Fsp3) is 0.